The zero-order valence-electron chi connectivity index (χ0n) is 25.3. The van der Waals surface area contributed by atoms with Crippen molar-refractivity contribution in [2.45, 2.75) is 44.5 Å². The van der Waals surface area contributed by atoms with Gasteiger partial charge in [-0.05, 0) is 35.7 Å². The molecule has 0 aromatic heterocycles. The van der Waals surface area contributed by atoms with Crippen LogP contribution in [0.25, 0.3) is 0 Å². The van der Waals surface area contributed by atoms with E-state index < -0.39 is 64.8 Å². The minimum Gasteiger partial charge on any atom is -0.445 e. The number of carbonyl (C=O) groups excluding carboxylic acids is 5. The van der Waals surface area contributed by atoms with Crippen LogP contribution in [0.5, 0.6) is 5.75 Å². The summed E-state index contributed by atoms with van der Waals surface area (Å²) in [7, 11) is -4.75. The normalized spacial score (nSPS) is 12.8. The number of amides is 5. The first-order valence-corrected chi connectivity index (χ1v) is 15.6. The molecule has 3 atom stereocenters. The molecule has 7 N–H and O–H groups in total. The Morgan fingerprint density at radius 2 is 1.26 bits per heavy atom. The number of rotatable bonds is 16. The summed E-state index contributed by atoms with van der Waals surface area (Å²) in [6.45, 7) is 0.853. The van der Waals surface area contributed by atoms with Crippen LogP contribution in [0, 0.1) is 0 Å². The maximum Gasteiger partial charge on any atom is 0.446 e. The predicted molar refractivity (Wildman–Crippen MR) is 168 cm³/mol. The van der Waals surface area contributed by atoms with E-state index in [0.29, 0.717) is 11.1 Å². The first kappa shape index (κ1) is 36.0. The van der Waals surface area contributed by atoms with E-state index in [1.807, 2.05) is 0 Å². The molecule has 3 aromatic rings. The van der Waals surface area contributed by atoms with Gasteiger partial charge >= 0.3 is 16.5 Å². The SMILES string of the molecule is C[C@@H](NC(=O)[C@H](Cc1ccc(OS(=O)(=O)O)cc1)NC(=O)OCc1ccccc1)C(=O)N[C@@H](Cc1ccccc1)C(=O)NCC(N)=O. The summed E-state index contributed by atoms with van der Waals surface area (Å²) >= 11 is 0. The number of nitrogens with two attached hydrogens (primary N) is 1. The molecule has 0 saturated heterocycles. The van der Waals surface area contributed by atoms with E-state index in [2.05, 4.69) is 25.5 Å². The lowest BCUT2D eigenvalue weighted by molar-refractivity contribution is -0.132. The van der Waals surface area contributed by atoms with E-state index in [9.17, 15) is 32.4 Å². The van der Waals surface area contributed by atoms with Crippen molar-refractivity contribution >= 4 is 40.1 Å². The summed E-state index contributed by atoms with van der Waals surface area (Å²) in [5, 5.41) is 9.92. The predicted octanol–water partition coefficient (Wildman–Crippen LogP) is 0.539. The average molecular weight is 670 g/mol. The Labute approximate surface area is 271 Å². The number of ether oxygens (including phenoxy) is 1. The standard InChI is InChI=1S/C31H35N5O10S/c1-20(28(38)35-25(29(39)33-18-27(32)37)16-21-8-4-2-5-9-21)34-30(40)26(36-31(41)45-19-23-10-6-3-7-11-23)17-22-12-14-24(15-13-22)46-47(42,43)44/h2-15,20,25-26H,16-19H2,1H3,(H2,32,37)(H,33,39)(H,34,40)(H,35,38)(H,36,41)(H,42,43,44)/t20-,25+,26+/m1/s1. The average Bonchev–Trinajstić information content (AvgIpc) is 3.03. The van der Waals surface area contributed by atoms with Crippen LogP contribution >= 0.6 is 0 Å². The van der Waals surface area contributed by atoms with E-state index in [0.717, 1.165) is 5.56 Å². The molecule has 0 aliphatic heterocycles. The van der Waals surface area contributed by atoms with Gasteiger partial charge in [0.05, 0.1) is 6.54 Å². The van der Waals surface area contributed by atoms with Crippen LogP contribution in [0.2, 0.25) is 0 Å². The lowest BCUT2D eigenvalue weighted by Gasteiger charge is -2.23. The summed E-state index contributed by atoms with van der Waals surface area (Å²) in [5.74, 6) is -3.14. The summed E-state index contributed by atoms with van der Waals surface area (Å²) < 4.78 is 40.5. The highest BCUT2D eigenvalue weighted by Crippen LogP contribution is 2.15. The Morgan fingerprint density at radius 1 is 0.723 bits per heavy atom. The molecular formula is C31H35N5O10S. The van der Waals surface area contributed by atoms with Gasteiger partial charge in [0.1, 0.15) is 30.5 Å². The number of alkyl carbamates (subject to hydrolysis) is 1. The fourth-order valence-electron chi connectivity index (χ4n) is 4.19. The van der Waals surface area contributed by atoms with E-state index in [-0.39, 0.29) is 25.2 Å². The molecule has 47 heavy (non-hydrogen) atoms. The van der Waals surface area contributed by atoms with Crippen LogP contribution in [0.15, 0.2) is 84.9 Å². The molecule has 5 amide bonds. The molecule has 15 nitrogen and oxygen atoms in total. The highest BCUT2D eigenvalue weighted by molar-refractivity contribution is 7.81. The zero-order chi connectivity index (χ0) is 34.4. The highest BCUT2D eigenvalue weighted by Gasteiger charge is 2.28. The van der Waals surface area contributed by atoms with Gasteiger partial charge in [0, 0.05) is 12.8 Å². The maximum absolute atomic E-state index is 13.4. The van der Waals surface area contributed by atoms with Crippen molar-refractivity contribution in [2.24, 2.45) is 5.73 Å². The molecule has 0 spiro atoms. The maximum atomic E-state index is 13.4. The number of benzene rings is 3. The van der Waals surface area contributed by atoms with Gasteiger partial charge in [-0.25, -0.2) is 4.79 Å². The summed E-state index contributed by atoms with van der Waals surface area (Å²) in [6, 6.07) is 19.3. The van der Waals surface area contributed by atoms with Gasteiger partial charge in [-0.3, -0.25) is 23.7 Å². The Hall–Kier alpha value is -5.48. The Bertz CT molecular complexity index is 1640. The van der Waals surface area contributed by atoms with Gasteiger partial charge in [0.2, 0.25) is 23.6 Å². The van der Waals surface area contributed by atoms with Crippen molar-refractivity contribution in [1.82, 2.24) is 21.3 Å². The third kappa shape index (κ3) is 13.2. The molecule has 0 fully saturated rings. The van der Waals surface area contributed by atoms with Crippen molar-refractivity contribution in [1.29, 1.82) is 0 Å². The molecular weight excluding hydrogens is 634 g/mol. The van der Waals surface area contributed by atoms with E-state index in [1.54, 1.807) is 60.7 Å². The molecule has 0 heterocycles. The third-order valence-corrected chi connectivity index (χ3v) is 6.89. The molecule has 0 unspecified atom stereocenters. The van der Waals surface area contributed by atoms with Gasteiger partial charge in [-0.15, -0.1) is 0 Å². The summed E-state index contributed by atoms with van der Waals surface area (Å²) in [6.07, 6.45) is -0.975. The molecule has 0 saturated carbocycles. The first-order valence-electron chi connectivity index (χ1n) is 14.2. The van der Waals surface area contributed by atoms with Crippen LogP contribution in [-0.4, -0.2) is 67.4 Å². The fraction of sp³-hybridized carbons (Fsp3) is 0.258. The monoisotopic (exact) mass is 669 g/mol. The molecule has 0 aliphatic carbocycles. The molecule has 0 radical (unpaired) electrons. The van der Waals surface area contributed by atoms with Gasteiger partial charge in [-0.2, -0.15) is 8.42 Å². The van der Waals surface area contributed by atoms with Crippen molar-refractivity contribution < 1.29 is 45.9 Å². The van der Waals surface area contributed by atoms with Gasteiger partial charge in [0.25, 0.3) is 0 Å². The number of nitrogens with one attached hydrogen (secondary N) is 4. The van der Waals surface area contributed by atoms with E-state index in [4.69, 9.17) is 15.0 Å². The number of primary amides is 1. The van der Waals surface area contributed by atoms with Gasteiger partial charge in [-0.1, -0.05) is 72.8 Å². The van der Waals surface area contributed by atoms with Crippen LogP contribution in [0.4, 0.5) is 4.79 Å². The quantitative estimate of drug-likeness (QED) is 0.116. The number of carbonyl (C=O) groups is 5. The third-order valence-electron chi connectivity index (χ3n) is 6.49. The minimum atomic E-state index is -4.75. The molecule has 3 rings (SSSR count). The van der Waals surface area contributed by atoms with Crippen molar-refractivity contribution in [3.05, 3.63) is 102 Å². The van der Waals surface area contributed by atoms with Crippen molar-refractivity contribution in [3.63, 3.8) is 0 Å². The van der Waals surface area contributed by atoms with Crippen LogP contribution in [0.1, 0.15) is 23.6 Å². The minimum absolute atomic E-state index is 0.0760. The van der Waals surface area contributed by atoms with Crippen molar-refractivity contribution in [2.75, 3.05) is 6.54 Å². The Kier molecular flexibility index (Phi) is 13.2. The van der Waals surface area contributed by atoms with Crippen LogP contribution in [-0.2, 0) is 53.8 Å². The van der Waals surface area contributed by atoms with Crippen LogP contribution in [0.3, 0.4) is 0 Å². The van der Waals surface area contributed by atoms with Gasteiger partial charge in [0.15, 0.2) is 0 Å². The second kappa shape index (κ2) is 17.3. The first-order chi connectivity index (χ1) is 22.3. The summed E-state index contributed by atoms with van der Waals surface area (Å²) in [4.78, 5) is 63.2. The molecule has 16 heteroatoms. The van der Waals surface area contributed by atoms with E-state index >= 15 is 0 Å². The topological polar surface area (TPSA) is 232 Å². The molecule has 250 valence electrons. The highest BCUT2D eigenvalue weighted by atomic mass is 32.3. The number of hydrogen-bond acceptors (Lipinski definition) is 9. The smallest absolute Gasteiger partial charge is 0.445 e. The zero-order valence-corrected chi connectivity index (χ0v) is 26.1. The molecule has 0 aliphatic rings. The lowest BCUT2D eigenvalue weighted by atomic mass is 10.0. The Morgan fingerprint density at radius 3 is 1.81 bits per heavy atom. The second-order valence-electron chi connectivity index (χ2n) is 10.3. The molecule has 3 aromatic carbocycles. The second-order valence-corrected chi connectivity index (χ2v) is 11.3. The van der Waals surface area contributed by atoms with Crippen LogP contribution < -0.4 is 31.2 Å². The molecule has 0 bridgehead atoms. The fourth-order valence-corrected chi connectivity index (χ4v) is 4.54. The van der Waals surface area contributed by atoms with Crippen molar-refractivity contribution in [3.8, 4) is 5.75 Å². The Balaban J connectivity index is 1.72. The van der Waals surface area contributed by atoms with Gasteiger partial charge < -0.3 is 35.9 Å². The number of hydrogen-bond donors (Lipinski definition) is 6. The summed E-state index contributed by atoms with van der Waals surface area (Å²) in [5.41, 5.74) is 6.99. The van der Waals surface area contributed by atoms with E-state index in [1.165, 1.54) is 31.2 Å². The lowest BCUT2D eigenvalue weighted by Crippen LogP contribution is -2.57. The largest absolute Gasteiger partial charge is 0.446 e.